The maximum atomic E-state index is 12.2. The number of para-hydroxylation sites is 2. The number of halogens is 3. The Labute approximate surface area is 112 Å². The molecule has 2 nitrogen and oxygen atoms in total. The van der Waals surface area contributed by atoms with E-state index in [0.717, 1.165) is 6.42 Å². The third kappa shape index (κ3) is 5.41. The van der Waals surface area contributed by atoms with E-state index in [1.807, 2.05) is 6.92 Å². The molecule has 108 valence electrons. The van der Waals surface area contributed by atoms with E-state index in [1.54, 1.807) is 24.3 Å². The number of nitrogens with one attached hydrogen (secondary N) is 1. The summed E-state index contributed by atoms with van der Waals surface area (Å²) in [4.78, 5) is 0. The summed E-state index contributed by atoms with van der Waals surface area (Å²) in [5.41, 5.74) is 0.604. The molecule has 0 amide bonds. The molecule has 0 aliphatic heterocycles. The van der Waals surface area contributed by atoms with Crippen LogP contribution in [0.1, 0.15) is 27.2 Å². The molecule has 0 fully saturated rings. The Morgan fingerprint density at radius 1 is 1.21 bits per heavy atom. The molecule has 0 aliphatic rings. The quantitative estimate of drug-likeness (QED) is 0.826. The van der Waals surface area contributed by atoms with E-state index in [-0.39, 0.29) is 11.8 Å². The molecule has 5 heteroatoms. The summed E-state index contributed by atoms with van der Waals surface area (Å²) in [6.45, 7) is 4.90. The second kappa shape index (κ2) is 6.68. The van der Waals surface area contributed by atoms with Gasteiger partial charge in [0.15, 0.2) is 6.61 Å². The molecule has 0 saturated carbocycles. The fourth-order valence-corrected chi connectivity index (χ4v) is 1.81. The van der Waals surface area contributed by atoms with Crippen LogP contribution in [0, 0.1) is 5.92 Å². The maximum absolute atomic E-state index is 12.2. The van der Waals surface area contributed by atoms with E-state index in [0.29, 0.717) is 11.6 Å². The van der Waals surface area contributed by atoms with Crippen molar-refractivity contribution in [2.75, 3.05) is 11.9 Å². The molecular weight excluding hydrogens is 255 g/mol. The minimum absolute atomic E-state index is 0.204. The molecule has 1 atom stereocenters. The van der Waals surface area contributed by atoms with E-state index >= 15 is 0 Å². The van der Waals surface area contributed by atoms with Gasteiger partial charge in [-0.3, -0.25) is 0 Å². The second-order valence-electron chi connectivity index (χ2n) is 4.80. The van der Waals surface area contributed by atoms with Gasteiger partial charge >= 0.3 is 6.18 Å². The lowest BCUT2D eigenvalue weighted by Crippen LogP contribution is -2.25. The Morgan fingerprint density at radius 2 is 1.84 bits per heavy atom. The van der Waals surface area contributed by atoms with Crippen LogP contribution in [0.4, 0.5) is 18.9 Å². The van der Waals surface area contributed by atoms with Crippen molar-refractivity contribution in [1.29, 1.82) is 0 Å². The van der Waals surface area contributed by atoms with Crippen molar-refractivity contribution < 1.29 is 17.9 Å². The van der Waals surface area contributed by atoms with Crippen LogP contribution in [0.5, 0.6) is 5.75 Å². The van der Waals surface area contributed by atoms with Crippen molar-refractivity contribution in [2.24, 2.45) is 5.92 Å². The van der Waals surface area contributed by atoms with Crippen LogP contribution in [0.2, 0.25) is 0 Å². The van der Waals surface area contributed by atoms with Gasteiger partial charge in [0.05, 0.1) is 5.69 Å². The fourth-order valence-electron chi connectivity index (χ4n) is 1.81. The smallest absolute Gasteiger partial charge is 0.422 e. The molecule has 0 radical (unpaired) electrons. The largest absolute Gasteiger partial charge is 0.482 e. The highest BCUT2D eigenvalue weighted by Gasteiger charge is 2.28. The number of ether oxygens (including phenoxy) is 1. The van der Waals surface area contributed by atoms with Crippen LogP contribution >= 0.6 is 0 Å². The molecule has 0 aromatic heterocycles. The lowest BCUT2D eigenvalue weighted by atomic mass is 10.0. The fraction of sp³-hybridized carbons (Fsp3) is 0.571. The summed E-state index contributed by atoms with van der Waals surface area (Å²) in [6.07, 6.45) is -3.43. The van der Waals surface area contributed by atoms with Crippen LogP contribution in [-0.2, 0) is 0 Å². The molecule has 1 unspecified atom stereocenters. The first-order valence-electron chi connectivity index (χ1n) is 6.38. The summed E-state index contributed by atoms with van der Waals surface area (Å²) >= 11 is 0. The summed E-state index contributed by atoms with van der Waals surface area (Å²) in [5.74, 6) is 0.625. The Hall–Kier alpha value is -1.39. The minimum atomic E-state index is -4.32. The second-order valence-corrected chi connectivity index (χ2v) is 4.80. The zero-order chi connectivity index (χ0) is 14.5. The summed E-state index contributed by atoms with van der Waals surface area (Å²) in [7, 11) is 0. The SMILES string of the molecule is CCC(Nc1ccccc1OCC(F)(F)F)C(C)C. The Morgan fingerprint density at radius 3 is 2.37 bits per heavy atom. The molecule has 1 N–H and O–H groups in total. The van der Waals surface area contributed by atoms with Gasteiger partial charge in [-0.1, -0.05) is 32.9 Å². The number of hydrogen-bond acceptors (Lipinski definition) is 2. The van der Waals surface area contributed by atoms with Gasteiger partial charge in [-0.05, 0) is 24.5 Å². The van der Waals surface area contributed by atoms with Crippen LogP contribution in [0.15, 0.2) is 24.3 Å². The van der Waals surface area contributed by atoms with E-state index in [2.05, 4.69) is 19.2 Å². The molecule has 0 aliphatic carbocycles. The van der Waals surface area contributed by atoms with Crippen molar-refractivity contribution in [1.82, 2.24) is 0 Å². The Kier molecular flexibility index (Phi) is 5.51. The molecule has 0 bridgehead atoms. The minimum Gasteiger partial charge on any atom is -0.482 e. The molecule has 1 rings (SSSR count). The zero-order valence-electron chi connectivity index (χ0n) is 11.4. The highest BCUT2D eigenvalue weighted by Crippen LogP contribution is 2.28. The van der Waals surface area contributed by atoms with Crippen LogP contribution in [-0.4, -0.2) is 18.8 Å². The predicted octanol–water partition coefficient (Wildman–Crippen LogP) is 4.47. The molecule has 19 heavy (non-hydrogen) atoms. The van der Waals surface area contributed by atoms with Crippen LogP contribution in [0.3, 0.4) is 0 Å². The van der Waals surface area contributed by atoms with Gasteiger partial charge in [0, 0.05) is 6.04 Å². The molecule has 0 saturated heterocycles. The van der Waals surface area contributed by atoms with Gasteiger partial charge in [0.2, 0.25) is 0 Å². The highest BCUT2D eigenvalue weighted by molar-refractivity contribution is 5.56. The maximum Gasteiger partial charge on any atom is 0.422 e. The van der Waals surface area contributed by atoms with E-state index in [1.165, 1.54) is 0 Å². The average Bonchev–Trinajstić information content (AvgIpc) is 2.33. The van der Waals surface area contributed by atoms with Crippen molar-refractivity contribution >= 4 is 5.69 Å². The number of hydrogen-bond donors (Lipinski definition) is 1. The predicted molar refractivity (Wildman–Crippen MR) is 70.5 cm³/mol. The van der Waals surface area contributed by atoms with Gasteiger partial charge in [-0.25, -0.2) is 0 Å². The van der Waals surface area contributed by atoms with Crippen molar-refractivity contribution in [2.45, 2.75) is 39.4 Å². The van der Waals surface area contributed by atoms with Gasteiger partial charge in [0.1, 0.15) is 5.75 Å². The molecule has 1 aromatic carbocycles. The number of rotatable bonds is 6. The molecular formula is C14H20F3NO. The molecule has 0 spiro atoms. The monoisotopic (exact) mass is 275 g/mol. The third-order valence-electron chi connectivity index (χ3n) is 2.86. The summed E-state index contributed by atoms with van der Waals surface area (Å²) in [5, 5.41) is 3.24. The van der Waals surface area contributed by atoms with Crippen LogP contribution in [0.25, 0.3) is 0 Å². The van der Waals surface area contributed by atoms with E-state index in [4.69, 9.17) is 4.74 Å². The van der Waals surface area contributed by atoms with Crippen molar-refractivity contribution in [3.05, 3.63) is 24.3 Å². The zero-order valence-corrected chi connectivity index (χ0v) is 11.4. The first-order chi connectivity index (χ1) is 8.83. The lowest BCUT2D eigenvalue weighted by molar-refractivity contribution is -0.153. The summed E-state index contributed by atoms with van der Waals surface area (Å²) < 4.78 is 41.4. The number of alkyl halides is 3. The average molecular weight is 275 g/mol. The number of benzene rings is 1. The Balaban J connectivity index is 2.78. The van der Waals surface area contributed by atoms with Gasteiger partial charge in [-0.15, -0.1) is 0 Å². The van der Waals surface area contributed by atoms with E-state index in [9.17, 15) is 13.2 Å². The third-order valence-corrected chi connectivity index (χ3v) is 2.86. The Bertz CT molecular complexity index is 391. The molecule has 1 aromatic rings. The van der Waals surface area contributed by atoms with Gasteiger partial charge in [-0.2, -0.15) is 13.2 Å². The topological polar surface area (TPSA) is 21.3 Å². The van der Waals surface area contributed by atoms with Crippen LogP contribution < -0.4 is 10.1 Å². The first kappa shape index (κ1) is 15.7. The van der Waals surface area contributed by atoms with Gasteiger partial charge in [0.25, 0.3) is 0 Å². The standard InChI is InChI=1S/C14H20F3NO/c1-4-11(10(2)3)18-12-7-5-6-8-13(12)19-9-14(15,16)17/h5-8,10-11,18H,4,9H2,1-3H3. The van der Waals surface area contributed by atoms with Crippen molar-refractivity contribution in [3.8, 4) is 5.75 Å². The lowest BCUT2D eigenvalue weighted by Gasteiger charge is -2.23. The van der Waals surface area contributed by atoms with E-state index < -0.39 is 12.8 Å². The highest BCUT2D eigenvalue weighted by atomic mass is 19.4. The number of anilines is 1. The normalized spacial score (nSPS) is 13.4. The summed E-state index contributed by atoms with van der Waals surface area (Å²) in [6, 6.07) is 6.91. The van der Waals surface area contributed by atoms with Crippen molar-refractivity contribution in [3.63, 3.8) is 0 Å². The first-order valence-corrected chi connectivity index (χ1v) is 6.38. The molecule has 0 heterocycles. The van der Waals surface area contributed by atoms with Gasteiger partial charge < -0.3 is 10.1 Å².